The molecule has 0 saturated carbocycles. The number of nitrogens with one attached hydrogen (secondary N) is 2. The van der Waals surface area contributed by atoms with E-state index in [4.69, 9.17) is 9.90 Å². The number of hydrogen-bond acceptors (Lipinski definition) is 6. The molecule has 1 fully saturated rings. The molecule has 0 atom stereocenters. The number of aryl methyl sites for hydroxylation is 1. The Hall–Kier alpha value is -5.05. The molecule has 9 nitrogen and oxygen atoms in total. The summed E-state index contributed by atoms with van der Waals surface area (Å²) in [6.45, 7) is 9.19. The number of piperazine rings is 1. The smallest absolute Gasteiger partial charge is 0.475 e. The first kappa shape index (κ1) is 33.8. The highest BCUT2D eigenvalue weighted by atomic mass is 19.4. The Morgan fingerprint density at radius 1 is 1.00 bits per heavy atom. The Morgan fingerprint density at radius 3 is 2.17 bits per heavy atom. The van der Waals surface area contributed by atoms with Crippen molar-refractivity contribution in [3.63, 3.8) is 0 Å². The number of anilines is 2. The van der Waals surface area contributed by atoms with Crippen molar-refractivity contribution in [3.8, 4) is 28.1 Å². The summed E-state index contributed by atoms with van der Waals surface area (Å²) in [6, 6.07) is 14.9. The van der Waals surface area contributed by atoms with Gasteiger partial charge in [-0.1, -0.05) is 30.8 Å². The minimum atomic E-state index is -5.08. The summed E-state index contributed by atoms with van der Waals surface area (Å²) in [6.07, 6.45) is -7.71. The number of aromatic amines is 1. The summed E-state index contributed by atoms with van der Waals surface area (Å²) in [4.78, 5) is 33.0. The second kappa shape index (κ2) is 13.5. The average Bonchev–Trinajstić information content (AvgIpc) is 3.36. The normalized spacial score (nSPS) is 14.0. The van der Waals surface area contributed by atoms with E-state index in [1.165, 1.54) is 12.1 Å². The summed E-state index contributed by atoms with van der Waals surface area (Å²) in [7, 11) is 2.11. The van der Waals surface area contributed by atoms with Crippen molar-refractivity contribution in [3.05, 3.63) is 72.9 Å². The predicted octanol–water partition coefficient (Wildman–Crippen LogP) is 6.61. The number of rotatable bonds is 6. The lowest BCUT2D eigenvalue weighted by Crippen LogP contribution is -2.44. The van der Waals surface area contributed by atoms with Gasteiger partial charge in [0, 0.05) is 48.5 Å². The zero-order chi connectivity index (χ0) is 33.8. The van der Waals surface area contributed by atoms with Crippen molar-refractivity contribution in [2.75, 3.05) is 43.4 Å². The summed E-state index contributed by atoms with van der Waals surface area (Å²) in [5, 5.41) is 10.4. The van der Waals surface area contributed by atoms with E-state index >= 15 is 0 Å². The molecular formula is C31H29F6N5O4. The van der Waals surface area contributed by atoms with Crippen LogP contribution in [-0.4, -0.2) is 77.6 Å². The fourth-order valence-electron chi connectivity index (χ4n) is 4.76. The van der Waals surface area contributed by atoms with Crippen molar-refractivity contribution in [1.29, 1.82) is 0 Å². The monoisotopic (exact) mass is 649 g/mol. The van der Waals surface area contributed by atoms with E-state index in [-0.39, 0.29) is 5.91 Å². The molecule has 4 aromatic rings. The number of alkyl halides is 6. The molecule has 15 heteroatoms. The number of halogens is 6. The van der Waals surface area contributed by atoms with Gasteiger partial charge in [-0.2, -0.15) is 13.2 Å². The van der Waals surface area contributed by atoms with Gasteiger partial charge >= 0.3 is 18.5 Å². The Kier molecular flexibility index (Phi) is 9.95. The first-order valence-electron chi connectivity index (χ1n) is 13.7. The van der Waals surface area contributed by atoms with Crippen LogP contribution in [0.1, 0.15) is 5.56 Å². The second-order valence-electron chi connectivity index (χ2n) is 10.4. The van der Waals surface area contributed by atoms with Crippen LogP contribution >= 0.6 is 0 Å². The van der Waals surface area contributed by atoms with E-state index in [0.29, 0.717) is 33.5 Å². The molecule has 3 heterocycles. The number of carboxylic acid groups (broad SMARTS) is 1. The van der Waals surface area contributed by atoms with Gasteiger partial charge in [0.1, 0.15) is 11.4 Å². The zero-order valence-electron chi connectivity index (χ0n) is 24.6. The van der Waals surface area contributed by atoms with Crippen LogP contribution in [0.4, 0.5) is 37.7 Å². The number of benzene rings is 2. The fraction of sp³-hybridized carbons (Fsp3) is 0.258. The van der Waals surface area contributed by atoms with Gasteiger partial charge in [0.15, 0.2) is 0 Å². The summed E-state index contributed by atoms with van der Waals surface area (Å²) >= 11 is 0. The SMILES string of the molecule is C=CC(=O)Nc1cc(-c2c(-c3ccc(N4CCN(C)CC4)cc3)[nH]c3ncc(OC(F)(F)F)cc23)ccc1C.O=C(O)C(F)(F)F. The van der Waals surface area contributed by atoms with Crippen LogP contribution < -0.4 is 15.0 Å². The Balaban J connectivity index is 0.000000617. The molecule has 1 amide bonds. The lowest BCUT2D eigenvalue weighted by atomic mass is 9.97. The second-order valence-corrected chi connectivity index (χ2v) is 10.4. The van der Waals surface area contributed by atoms with Crippen molar-refractivity contribution in [2.45, 2.75) is 19.5 Å². The molecule has 2 aromatic heterocycles. The molecule has 2 aromatic carbocycles. The van der Waals surface area contributed by atoms with Gasteiger partial charge in [0.25, 0.3) is 0 Å². The number of fused-ring (bicyclic) bond motifs is 1. The van der Waals surface area contributed by atoms with Gasteiger partial charge in [0.2, 0.25) is 5.91 Å². The highest BCUT2D eigenvalue weighted by Crippen LogP contribution is 2.41. The van der Waals surface area contributed by atoms with Gasteiger partial charge < -0.3 is 29.9 Å². The highest BCUT2D eigenvalue weighted by molar-refractivity contribution is 6.05. The summed E-state index contributed by atoms with van der Waals surface area (Å²) < 4.78 is 74.9. The molecule has 0 spiro atoms. The average molecular weight is 650 g/mol. The van der Waals surface area contributed by atoms with Crippen LogP contribution in [-0.2, 0) is 9.59 Å². The largest absolute Gasteiger partial charge is 0.573 e. The third kappa shape index (κ3) is 8.35. The molecule has 244 valence electrons. The predicted molar refractivity (Wildman–Crippen MR) is 161 cm³/mol. The Morgan fingerprint density at radius 2 is 1.61 bits per heavy atom. The van der Waals surface area contributed by atoms with Gasteiger partial charge in [-0.15, -0.1) is 13.2 Å². The number of aromatic nitrogens is 2. The number of amides is 1. The highest BCUT2D eigenvalue weighted by Gasteiger charge is 2.38. The molecule has 1 saturated heterocycles. The van der Waals surface area contributed by atoms with Crippen LogP contribution in [0.3, 0.4) is 0 Å². The fourth-order valence-corrected chi connectivity index (χ4v) is 4.76. The van der Waals surface area contributed by atoms with E-state index in [1.807, 2.05) is 43.3 Å². The van der Waals surface area contributed by atoms with Gasteiger partial charge in [-0.3, -0.25) is 4.79 Å². The first-order chi connectivity index (χ1) is 21.6. The van der Waals surface area contributed by atoms with E-state index in [9.17, 15) is 31.1 Å². The third-order valence-electron chi connectivity index (χ3n) is 7.10. The topological polar surface area (TPSA) is 111 Å². The summed E-state index contributed by atoms with van der Waals surface area (Å²) in [5.41, 5.74) is 5.78. The van der Waals surface area contributed by atoms with Crippen molar-refractivity contribution in [2.24, 2.45) is 0 Å². The molecule has 0 radical (unpaired) electrons. The lowest BCUT2D eigenvalue weighted by molar-refractivity contribution is -0.274. The molecule has 0 bridgehead atoms. The number of carboxylic acids is 1. The van der Waals surface area contributed by atoms with Crippen LogP contribution in [0.5, 0.6) is 5.75 Å². The summed E-state index contributed by atoms with van der Waals surface area (Å²) in [5.74, 6) is -3.54. The Labute approximate surface area is 259 Å². The number of H-pyrrole nitrogens is 1. The Bertz CT molecular complexity index is 1730. The number of nitrogens with zero attached hydrogens (tertiary/aromatic N) is 3. The molecule has 0 aliphatic carbocycles. The minimum Gasteiger partial charge on any atom is -0.475 e. The molecular weight excluding hydrogens is 620 g/mol. The number of likely N-dealkylation sites (N-methyl/N-ethyl adjacent to an activating group) is 1. The van der Waals surface area contributed by atoms with E-state index < -0.39 is 24.3 Å². The van der Waals surface area contributed by atoms with Crippen molar-refractivity contribution in [1.82, 2.24) is 14.9 Å². The number of pyridine rings is 1. The maximum atomic E-state index is 13.0. The molecule has 1 aliphatic rings. The number of aliphatic carboxylic acids is 1. The molecule has 46 heavy (non-hydrogen) atoms. The number of ether oxygens (including phenoxy) is 1. The van der Waals surface area contributed by atoms with Crippen LogP contribution in [0.2, 0.25) is 0 Å². The molecule has 5 rings (SSSR count). The van der Waals surface area contributed by atoms with Gasteiger partial charge in [-0.05, 0) is 61.0 Å². The minimum absolute atomic E-state index is 0.364. The van der Waals surface area contributed by atoms with Crippen LogP contribution in [0.25, 0.3) is 33.4 Å². The van der Waals surface area contributed by atoms with E-state index in [2.05, 4.69) is 43.4 Å². The van der Waals surface area contributed by atoms with Crippen molar-refractivity contribution < 1.29 is 45.8 Å². The van der Waals surface area contributed by atoms with Crippen molar-refractivity contribution >= 4 is 34.3 Å². The quantitative estimate of drug-likeness (QED) is 0.159. The van der Waals surface area contributed by atoms with Gasteiger partial charge in [-0.25, -0.2) is 9.78 Å². The number of carbonyl (C=O) groups is 2. The lowest BCUT2D eigenvalue weighted by Gasteiger charge is -2.34. The molecule has 0 unspecified atom stereocenters. The molecule has 3 N–H and O–H groups in total. The van der Waals surface area contributed by atoms with E-state index in [0.717, 1.165) is 49.2 Å². The molecule has 1 aliphatic heterocycles. The van der Waals surface area contributed by atoms with Gasteiger partial charge in [0.05, 0.1) is 11.9 Å². The standard InChI is InChI=1S/C29H28F3N5O2.C2HF3O2/c1-4-25(38)34-24-15-20(6-5-18(24)2)26-23-16-22(39-29(30,31)32)17-33-28(23)35-27(26)19-7-9-21(10-8-19)37-13-11-36(3)12-14-37;3-2(4,5)1(6)7/h4-10,15-17H,1,11-14H2,2-3H3,(H,33,35)(H,34,38);(H,6,7). The maximum absolute atomic E-state index is 13.0. The van der Waals surface area contributed by atoms with E-state index in [1.54, 1.807) is 6.07 Å². The number of hydrogen-bond donors (Lipinski definition) is 3. The van der Waals surface area contributed by atoms with Crippen LogP contribution in [0.15, 0.2) is 67.4 Å². The maximum Gasteiger partial charge on any atom is 0.573 e. The third-order valence-corrected chi connectivity index (χ3v) is 7.10. The number of carbonyl (C=O) groups excluding carboxylic acids is 1. The first-order valence-corrected chi connectivity index (χ1v) is 13.7. The zero-order valence-corrected chi connectivity index (χ0v) is 24.6. The van der Waals surface area contributed by atoms with Crippen LogP contribution in [0, 0.1) is 6.92 Å².